The summed E-state index contributed by atoms with van der Waals surface area (Å²) in [6, 6.07) is 3.37. The van der Waals surface area contributed by atoms with Gasteiger partial charge < -0.3 is 15.4 Å². The summed E-state index contributed by atoms with van der Waals surface area (Å²) in [6.45, 7) is 4.12. The van der Waals surface area contributed by atoms with Crippen LogP contribution in [0.4, 0.5) is 5.82 Å². The summed E-state index contributed by atoms with van der Waals surface area (Å²) in [7, 11) is 0. The fourth-order valence-electron chi connectivity index (χ4n) is 2.21. The van der Waals surface area contributed by atoms with Crippen LogP contribution in [0.2, 0.25) is 0 Å². The van der Waals surface area contributed by atoms with Gasteiger partial charge >= 0.3 is 0 Å². The lowest BCUT2D eigenvalue weighted by Crippen LogP contribution is -2.43. The molecular formula is C13H19N3O2. The third-order valence-electron chi connectivity index (χ3n) is 3.10. The van der Waals surface area contributed by atoms with E-state index < -0.39 is 0 Å². The highest BCUT2D eigenvalue weighted by molar-refractivity contribution is 5.94. The first-order valence-corrected chi connectivity index (χ1v) is 6.33. The van der Waals surface area contributed by atoms with Gasteiger partial charge in [-0.15, -0.1) is 0 Å². The second-order valence-electron chi connectivity index (χ2n) is 4.44. The van der Waals surface area contributed by atoms with Crippen molar-refractivity contribution in [2.45, 2.75) is 25.9 Å². The molecule has 1 aliphatic heterocycles. The van der Waals surface area contributed by atoms with Crippen LogP contribution in [0.25, 0.3) is 0 Å². The molecule has 5 nitrogen and oxygen atoms in total. The van der Waals surface area contributed by atoms with Crippen LogP contribution in [0.3, 0.4) is 0 Å². The summed E-state index contributed by atoms with van der Waals surface area (Å²) in [5.74, 6) is 0.435. The van der Waals surface area contributed by atoms with E-state index in [1.165, 1.54) is 6.20 Å². The van der Waals surface area contributed by atoms with Crippen molar-refractivity contribution >= 4 is 11.7 Å². The van der Waals surface area contributed by atoms with Crippen LogP contribution >= 0.6 is 0 Å². The molecule has 1 aromatic rings. The van der Waals surface area contributed by atoms with Crippen molar-refractivity contribution in [3.63, 3.8) is 0 Å². The molecule has 1 aromatic heterocycles. The summed E-state index contributed by atoms with van der Waals surface area (Å²) in [6.07, 6.45) is 3.70. The number of nitrogens with zero attached hydrogens (tertiary/aromatic N) is 2. The first-order valence-electron chi connectivity index (χ1n) is 6.33. The molecule has 0 aliphatic carbocycles. The molecule has 1 amide bonds. The molecule has 2 heterocycles. The molecule has 1 unspecified atom stereocenters. The van der Waals surface area contributed by atoms with E-state index in [9.17, 15) is 4.79 Å². The molecular weight excluding hydrogens is 230 g/mol. The van der Waals surface area contributed by atoms with Crippen LogP contribution in [0.5, 0.6) is 0 Å². The largest absolute Gasteiger partial charge is 0.384 e. The average molecular weight is 249 g/mol. The monoisotopic (exact) mass is 249 g/mol. The fourth-order valence-corrected chi connectivity index (χ4v) is 2.21. The first-order chi connectivity index (χ1) is 8.70. The SMILES string of the molecule is CCOC1CCCN(C(=O)c2ccc(N)nc2)C1. The van der Waals surface area contributed by atoms with Crippen molar-refractivity contribution in [1.82, 2.24) is 9.88 Å². The van der Waals surface area contributed by atoms with E-state index in [0.717, 1.165) is 19.4 Å². The van der Waals surface area contributed by atoms with Gasteiger partial charge in [0.05, 0.1) is 11.7 Å². The van der Waals surface area contributed by atoms with E-state index in [2.05, 4.69) is 4.98 Å². The zero-order valence-corrected chi connectivity index (χ0v) is 10.6. The van der Waals surface area contributed by atoms with E-state index >= 15 is 0 Å². The molecule has 2 N–H and O–H groups in total. The molecule has 2 rings (SSSR count). The van der Waals surface area contributed by atoms with Gasteiger partial charge in [-0.1, -0.05) is 0 Å². The number of rotatable bonds is 3. The Morgan fingerprint density at radius 2 is 2.44 bits per heavy atom. The lowest BCUT2D eigenvalue weighted by molar-refractivity contribution is 0.00723. The van der Waals surface area contributed by atoms with Crippen molar-refractivity contribution in [3.05, 3.63) is 23.9 Å². The quantitative estimate of drug-likeness (QED) is 0.876. The van der Waals surface area contributed by atoms with Crippen LogP contribution in [-0.4, -0.2) is 41.6 Å². The Kier molecular flexibility index (Phi) is 4.15. The Morgan fingerprint density at radius 1 is 1.61 bits per heavy atom. The second kappa shape index (κ2) is 5.82. The van der Waals surface area contributed by atoms with Gasteiger partial charge in [0.2, 0.25) is 0 Å². The standard InChI is InChI=1S/C13H19N3O2/c1-2-18-11-4-3-7-16(9-11)13(17)10-5-6-12(14)15-8-10/h5-6,8,11H,2-4,7,9H2,1H3,(H2,14,15). The molecule has 1 fully saturated rings. The predicted molar refractivity (Wildman–Crippen MR) is 69.2 cm³/mol. The van der Waals surface area contributed by atoms with Crippen molar-refractivity contribution in [2.75, 3.05) is 25.4 Å². The number of hydrogen-bond acceptors (Lipinski definition) is 4. The summed E-state index contributed by atoms with van der Waals surface area (Å²) >= 11 is 0. The highest BCUT2D eigenvalue weighted by Gasteiger charge is 2.24. The number of carbonyl (C=O) groups is 1. The number of nitrogen functional groups attached to an aromatic ring is 1. The third kappa shape index (κ3) is 2.98. The number of piperidine rings is 1. The van der Waals surface area contributed by atoms with E-state index in [1.807, 2.05) is 11.8 Å². The molecule has 98 valence electrons. The third-order valence-corrected chi connectivity index (χ3v) is 3.10. The molecule has 0 spiro atoms. The maximum Gasteiger partial charge on any atom is 0.255 e. The zero-order chi connectivity index (χ0) is 13.0. The number of amides is 1. The minimum atomic E-state index is 0.00639. The van der Waals surface area contributed by atoms with Crippen LogP contribution in [-0.2, 0) is 4.74 Å². The Labute approximate surface area is 107 Å². The Bertz CT molecular complexity index is 403. The predicted octanol–water partition coefficient (Wildman–Crippen LogP) is 1.30. The normalized spacial score (nSPS) is 19.8. The minimum Gasteiger partial charge on any atom is -0.384 e. The molecule has 1 aliphatic rings. The van der Waals surface area contributed by atoms with Crippen molar-refractivity contribution < 1.29 is 9.53 Å². The van der Waals surface area contributed by atoms with Gasteiger partial charge in [0.25, 0.3) is 5.91 Å². The zero-order valence-electron chi connectivity index (χ0n) is 10.6. The van der Waals surface area contributed by atoms with E-state index in [0.29, 0.717) is 24.5 Å². The maximum atomic E-state index is 12.3. The number of hydrogen-bond donors (Lipinski definition) is 1. The number of anilines is 1. The fraction of sp³-hybridized carbons (Fsp3) is 0.538. The smallest absolute Gasteiger partial charge is 0.255 e. The van der Waals surface area contributed by atoms with E-state index in [1.54, 1.807) is 12.1 Å². The molecule has 0 saturated carbocycles. The highest BCUT2D eigenvalue weighted by Crippen LogP contribution is 2.16. The summed E-state index contributed by atoms with van der Waals surface area (Å²) in [4.78, 5) is 18.0. The Morgan fingerprint density at radius 3 is 3.11 bits per heavy atom. The van der Waals surface area contributed by atoms with Crippen LogP contribution < -0.4 is 5.73 Å². The van der Waals surface area contributed by atoms with Crippen molar-refractivity contribution in [1.29, 1.82) is 0 Å². The molecule has 1 atom stereocenters. The number of nitrogens with two attached hydrogens (primary N) is 1. The summed E-state index contributed by atoms with van der Waals surface area (Å²) in [5, 5.41) is 0. The van der Waals surface area contributed by atoms with E-state index in [4.69, 9.17) is 10.5 Å². The van der Waals surface area contributed by atoms with Gasteiger partial charge in [0, 0.05) is 25.9 Å². The second-order valence-corrected chi connectivity index (χ2v) is 4.44. The average Bonchev–Trinajstić information content (AvgIpc) is 2.39. The molecule has 5 heteroatoms. The maximum absolute atomic E-state index is 12.3. The van der Waals surface area contributed by atoms with Gasteiger partial charge in [-0.05, 0) is 31.9 Å². The van der Waals surface area contributed by atoms with E-state index in [-0.39, 0.29) is 12.0 Å². The molecule has 1 saturated heterocycles. The highest BCUT2D eigenvalue weighted by atomic mass is 16.5. The molecule has 0 bridgehead atoms. The first kappa shape index (κ1) is 12.8. The summed E-state index contributed by atoms with van der Waals surface area (Å²) < 4.78 is 5.59. The van der Waals surface area contributed by atoms with Crippen LogP contribution in [0, 0.1) is 0 Å². The Hall–Kier alpha value is -1.62. The lowest BCUT2D eigenvalue weighted by Gasteiger charge is -2.32. The molecule has 0 radical (unpaired) electrons. The van der Waals surface area contributed by atoms with Gasteiger partial charge in [-0.25, -0.2) is 4.98 Å². The van der Waals surface area contributed by atoms with Crippen molar-refractivity contribution in [3.8, 4) is 0 Å². The number of aromatic nitrogens is 1. The topological polar surface area (TPSA) is 68.5 Å². The van der Waals surface area contributed by atoms with Crippen molar-refractivity contribution in [2.24, 2.45) is 0 Å². The number of likely N-dealkylation sites (tertiary alicyclic amines) is 1. The Balaban J connectivity index is 2.02. The van der Waals surface area contributed by atoms with Gasteiger partial charge in [0.1, 0.15) is 5.82 Å². The molecule has 0 aromatic carbocycles. The number of ether oxygens (including phenoxy) is 1. The minimum absolute atomic E-state index is 0.00639. The van der Waals surface area contributed by atoms with Crippen LogP contribution in [0.1, 0.15) is 30.1 Å². The number of pyridine rings is 1. The molecule has 18 heavy (non-hydrogen) atoms. The lowest BCUT2D eigenvalue weighted by atomic mass is 10.1. The van der Waals surface area contributed by atoms with Gasteiger partial charge in [0.15, 0.2) is 0 Å². The van der Waals surface area contributed by atoms with Crippen LogP contribution in [0.15, 0.2) is 18.3 Å². The van der Waals surface area contributed by atoms with Gasteiger partial charge in [-0.2, -0.15) is 0 Å². The summed E-state index contributed by atoms with van der Waals surface area (Å²) in [5.41, 5.74) is 6.10. The number of carbonyl (C=O) groups excluding carboxylic acids is 1. The van der Waals surface area contributed by atoms with Gasteiger partial charge in [-0.3, -0.25) is 4.79 Å².